The third-order valence-electron chi connectivity index (χ3n) is 3.65. The maximum Gasteiger partial charge on any atom is 0.410 e. The number of hydrogen-bond acceptors (Lipinski definition) is 4. The molecule has 124 valence electrons. The number of aromatic nitrogens is 2. The Labute approximate surface area is 132 Å². The van der Waals surface area contributed by atoms with Gasteiger partial charge in [0.25, 0.3) is 0 Å². The highest BCUT2D eigenvalue weighted by atomic mass is 16.6. The van der Waals surface area contributed by atoms with E-state index in [1.54, 1.807) is 4.90 Å². The number of likely N-dealkylation sites (tertiary alicyclic amines) is 1. The first-order valence-electron chi connectivity index (χ1n) is 8.04. The van der Waals surface area contributed by atoms with Gasteiger partial charge < -0.3 is 15.0 Å². The molecule has 2 heterocycles. The molecule has 1 aromatic heterocycles. The van der Waals surface area contributed by atoms with Gasteiger partial charge in [0, 0.05) is 25.3 Å². The first kappa shape index (κ1) is 16.6. The van der Waals surface area contributed by atoms with Gasteiger partial charge in [-0.3, -0.25) is 5.10 Å². The van der Waals surface area contributed by atoms with Gasteiger partial charge in [-0.25, -0.2) is 4.79 Å². The van der Waals surface area contributed by atoms with Crippen LogP contribution in [-0.2, 0) is 4.74 Å². The summed E-state index contributed by atoms with van der Waals surface area (Å²) in [6.45, 7) is 11.3. The van der Waals surface area contributed by atoms with Crippen LogP contribution in [0.25, 0.3) is 0 Å². The van der Waals surface area contributed by atoms with Crippen molar-refractivity contribution in [3.05, 3.63) is 11.9 Å². The van der Waals surface area contributed by atoms with Gasteiger partial charge in [0.05, 0.1) is 11.4 Å². The molecule has 1 amide bonds. The van der Waals surface area contributed by atoms with Crippen molar-refractivity contribution in [2.75, 3.05) is 18.4 Å². The van der Waals surface area contributed by atoms with Crippen LogP contribution in [0.3, 0.4) is 0 Å². The van der Waals surface area contributed by atoms with Gasteiger partial charge in [-0.15, -0.1) is 0 Å². The summed E-state index contributed by atoms with van der Waals surface area (Å²) < 4.78 is 5.46. The summed E-state index contributed by atoms with van der Waals surface area (Å²) in [5.41, 5.74) is 1.62. The molecule has 0 aromatic carbocycles. The monoisotopic (exact) mass is 308 g/mol. The van der Waals surface area contributed by atoms with Crippen LogP contribution >= 0.6 is 0 Å². The Balaban J connectivity index is 1.96. The first-order chi connectivity index (χ1) is 10.3. The Bertz CT molecular complexity index is 504. The Morgan fingerprint density at radius 2 is 2.23 bits per heavy atom. The highest BCUT2D eigenvalue weighted by Crippen LogP contribution is 2.24. The second kappa shape index (κ2) is 6.58. The molecular formula is C16H28N4O2. The van der Waals surface area contributed by atoms with E-state index in [1.807, 2.05) is 27.0 Å². The van der Waals surface area contributed by atoms with Crippen LogP contribution in [0.15, 0.2) is 6.20 Å². The minimum absolute atomic E-state index is 0.227. The lowest BCUT2D eigenvalue weighted by Crippen LogP contribution is -2.47. The Hall–Kier alpha value is -1.72. The zero-order valence-electron chi connectivity index (χ0n) is 14.3. The molecule has 1 atom stereocenters. The van der Waals surface area contributed by atoms with E-state index in [4.69, 9.17) is 4.74 Å². The van der Waals surface area contributed by atoms with Crippen molar-refractivity contribution in [3.63, 3.8) is 0 Å². The molecule has 1 fully saturated rings. The van der Waals surface area contributed by atoms with Gasteiger partial charge >= 0.3 is 6.09 Å². The summed E-state index contributed by atoms with van der Waals surface area (Å²) in [5, 5.41) is 10.7. The van der Waals surface area contributed by atoms with Crippen LogP contribution < -0.4 is 5.32 Å². The normalized spacial score (nSPS) is 19.4. The Kier molecular flexibility index (Phi) is 4.98. The SMILES string of the molecule is CC(C)c1n[nH]cc1N[C@H]1CCCN(C(=O)OC(C)(C)C)C1. The third-order valence-corrected chi connectivity index (χ3v) is 3.65. The molecule has 0 aliphatic carbocycles. The molecule has 2 rings (SSSR count). The predicted octanol–water partition coefficient (Wildman–Crippen LogP) is 3.34. The molecule has 1 aliphatic heterocycles. The number of ether oxygens (including phenoxy) is 1. The van der Waals surface area contributed by atoms with Crippen molar-refractivity contribution in [1.29, 1.82) is 0 Å². The van der Waals surface area contributed by atoms with E-state index in [0.29, 0.717) is 12.5 Å². The van der Waals surface area contributed by atoms with Crippen molar-refractivity contribution in [1.82, 2.24) is 15.1 Å². The van der Waals surface area contributed by atoms with E-state index in [0.717, 1.165) is 30.8 Å². The van der Waals surface area contributed by atoms with Gasteiger partial charge in [0.15, 0.2) is 0 Å². The van der Waals surface area contributed by atoms with Gasteiger partial charge in [-0.05, 0) is 39.5 Å². The zero-order chi connectivity index (χ0) is 16.3. The lowest BCUT2D eigenvalue weighted by Gasteiger charge is -2.34. The third kappa shape index (κ3) is 4.39. The number of carbonyl (C=O) groups is 1. The molecule has 2 N–H and O–H groups in total. The predicted molar refractivity (Wildman–Crippen MR) is 87.1 cm³/mol. The summed E-state index contributed by atoms with van der Waals surface area (Å²) in [5.74, 6) is 0.360. The molecule has 0 radical (unpaired) electrons. The van der Waals surface area contributed by atoms with Crippen LogP contribution in [0.4, 0.5) is 10.5 Å². The van der Waals surface area contributed by atoms with Crippen LogP contribution in [0.5, 0.6) is 0 Å². The Morgan fingerprint density at radius 3 is 2.86 bits per heavy atom. The van der Waals surface area contributed by atoms with E-state index in [2.05, 4.69) is 29.4 Å². The number of rotatable bonds is 3. The van der Waals surface area contributed by atoms with Crippen LogP contribution in [-0.4, -0.2) is 45.9 Å². The van der Waals surface area contributed by atoms with Gasteiger partial charge in [0.2, 0.25) is 0 Å². The number of piperidine rings is 1. The number of nitrogens with zero attached hydrogens (tertiary/aromatic N) is 2. The summed E-state index contributed by atoms with van der Waals surface area (Å²) in [6, 6.07) is 0.233. The van der Waals surface area contributed by atoms with Crippen molar-refractivity contribution in [2.24, 2.45) is 0 Å². The highest BCUT2D eigenvalue weighted by Gasteiger charge is 2.28. The standard InChI is InChI=1S/C16H28N4O2/c1-11(2)14-13(9-17-19-14)18-12-7-6-8-20(10-12)15(21)22-16(3,4)5/h9,11-12,18H,6-8,10H2,1-5H3,(H,17,19)/t12-/m0/s1. The van der Waals surface area contributed by atoms with E-state index in [1.165, 1.54) is 0 Å². The van der Waals surface area contributed by atoms with Crippen LogP contribution in [0, 0.1) is 0 Å². The fourth-order valence-corrected chi connectivity index (χ4v) is 2.66. The minimum Gasteiger partial charge on any atom is -0.444 e. The Morgan fingerprint density at radius 1 is 1.50 bits per heavy atom. The van der Waals surface area contributed by atoms with Gasteiger partial charge in [0.1, 0.15) is 5.60 Å². The van der Waals surface area contributed by atoms with Crippen molar-refractivity contribution >= 4 is 11.8 Å². The second-order valence-electron chi connectivity index (χ2n) is 7.25. The smallest absolute Gasteiger partial charge is 0.410 e. The van der Waals surface area contributed by atoms with Crippen molar-refractivity contribution in [3.8, 4) is 0 Å². The van der Waals surface area contributed by atoms with Gasteiger partial charge in [-0.1, -0.05) is 13.8 Å². The molecule has 22 heavy (non-hydrogen) atoms. The van der Waals surface area contributed by atoms with E-state index in [9.17, 15) is 4.79 Å². The number of H-pyrrole nitrogens is 1. The van der Waals surface area contributed by atoms with Crippen molar-refractivity contribution < 1.29 is 9.53 Å². The number of aromatic amines is 1. The largest absolute Gasteiger partial charge is 0.444 e. The molecule has 0 bridgehead atoms. The zero-order valence-corrected chi connectivity index (χ0v) is 14.3. The number of anilines is 1. The summed E-state index contributed by atoms with van der Waals surface area (Å²) in [4.78, 5) is 14.0. The summed E-state index contributed by atoms with van der Waals surface area (Å²) in [7, 11) is 0. The average Bonchev–Trinajstić information content (AvgIpc) is 2.85. The van der Waals surface area contributed by atoms with Crippen molar-refractivity contribution in [2.45, 2.75) is 65.0 Å². The van der Waals surface area contributed by atoms with E-state index in [-0.39, 0.29) is 12.1 Å². The summed E-state index contributed by atoms with van der Waals surface area (Å²) in [6.07, 6.45) is 3.69. The molecule has 1 aromatic rings. The molecule has 6 heteroatoms. The quantitative estimate of drug-likeness (QED) is 0.898. The molecule has 0 unspecified atom stereocenters. The minimum atomic E-state index is -0.452. The second-order valence-corrected chi connectivity index (χ2v) is 7.25. The molecule has 6 nitrogen and oxygen atoms in total. The fourth-order valence-electron chi connectivity index (χ4n) is 2.66. The lowest BCUT2D eigenvalue weighted by molar-refractivity contribution is 0.0206. The number of hydrogen-bond donors (Lipinski definition) is 2. The molecule has 1 saturated heterocycles. The van der Waals surface area contributed by atoms with Crippen LogP contribution in [0.1, 0.15) is 59.1 Å². The molecule has 0 spiro atoms. The van der Waals surface area contributed by atoms with E-state index < -0.39 is 5.60 Å². The van der Waals surface area contributed by atoms with Crippen LogP contribution in [0.2, 0.25) is 0 Å². The molecule has 0 saturated carbocycles. The lowest BCUT2D eigenvalue weighted by atomic mass is 10.0. The number of nitrogens with one attached hydrogen (secondary N) is 2. The maximum absolute atomic E-state index is 12.2. The maximum atomic E-state index is 12.2. The number of carbonyl (C=O) groups excluding carboxylic acids is 1. The topological polar surface area (TPSA) is 70.2 Å². The first-order valence-corrected chi connectivity index (χ1v) is 8.04. The fraction of sp³-hybridized carbons (Fsp3) is 0.750. The van der Waals surface area contributed by atoms with Gasteiger partial charge in [-0.2, -0.15) is 5.10 Å². The molecular weight excluding hydrogens is 280 g/mol. The highest BCUT2D eigenvalue weighted by molar-refractivity contribution is 5.68. The number of amides is 1. The summed E-state index contributed by atoms with van der Waals surface area (Å²) >= 11 is 0. The van der Waals surface area contributed by atoms with E-state index >= 15 is 0 Å². The average molecular weight is 308 g/mol. The molecule has 1 aliphatic rings.